The zero-order chi connectivity index (χ0) is 18.3. The lowest BCUT2D eigenvalue weighted by atomic mass is 10.0. The molecule has 26 heavy (non-hydrogen) atoms. The van der Waals surface area contributed by atoms with E-state index in [-0.39, 0.29) is 23.7 Å². The standard InChI is InChI=1S/C18H15N3O5/c22-17(19-9-3-5-12-4-1-2-6-14(12)19)11-20-15-8-7-13(21(24)25)10-16(15)26-18(20)23/h1-2,4,6-8,10H,3,5,9,11H2. The minimum absolute atomic E-state index is 0.0936. The van der Waals surface area contributed by atoms with E-state index >= 15 is 0 Å². The number of para-hydroxylation sites is 1. The molecule has 0 unspecified atom stereocenters. The Kier molecular flexibility index (Phi) is 3.80. The number of aromatic nitrogens is 1. The van der Waals surface area contributed by atoms with Crippen LogP contribution in [0.3, 0.4) is 0 Å². The summed E-state index contributed by atoms with van der Waals surface area (Å²) in [5.41, 5.74) is 2.25. The number of non-ortho nitro benzene ring substituents is 1. The predicted molar refractivity (Wildman–Crippen MR) is 94.2 cm³/mol. The zero-order valence-electron chi connectivity index (χ0n) is 13.8. The lowest BCUT2D eigenvalue weighted by Crippen LogP contribution is -2.39. The van der Waals surface area contributed by atoms with Gasteiger partial charge < -0.3 is 9.32 Å². The van der Waals surface area contributed by atoms with Gasteiger partial charge in [-0.25, -0.2) is 4.79 Å². The van der Waals surface area contributed by atoms with Gasteiger partial charge >= 0.3 is 5.76 Å². The summed E-state index contributed by atoms with van der Waals surface area (Å²) in [6.07, 6.45) is 1.77. The molecule has 0 saturated heterocycles. The normalized spacial score (nSPS) is 13.6. The van der Waals surface area contributed by atoms with Crippen LogP contribution in [0.1, 0.15) is 12.0 Å². The largest absolute Gasteiger partial charge is 0.420 e. The van der Waals surface area contributed by atoms with Crippen molar-refractivity contribution in [2.45, 2.75) is 19.4 Å². The van der Waals surface area contributed by atoms with Crippen molar-refractivity contribution in [1.29, 1.82) is 0 Å². The fraction of sp³-hybridized carbons (Fsp3) is 0.222. The number of aryl methyl sites for hydroxylation is 1. The fourth-order valence-corrected chi connectivity index (χ4v) is 3.33. The number of amides is 1. The van der Waals surface area contributed by atoms with Crippen molar-refractivity contribution in [2.75, 3.05) is 11.4 Å². The highest BCUT2D eigenvalue weighted by molar-refractivity contribution is 5.95. The van der Waals surface area contributed by atoms with Gasteiger partial charge in [0.25, 0.3) is 5.69 Å². The second kappa shape index (κ2) is 6.14. The second-order valence-electron chi connectivity index (χ2n) is 6.14. The van der Waals surface area contributed by atoms with Gasteiger partial charge in [0.05, 0.1) is 16.5 Å². The summed E-state index contributed by atoms with van der Waals surface area (Å²) in [5, 5.41) is 10.9. The summed E-state index contributed by atoms with van der Waals surface area (Å²) in [7, 11) is 0. The first-order valence-corrected chi connectivity index (χ1v) is 8.20. The molecule has 0 aliphatic carbocycles. The van der Waals surface area contributed by atoms with E-state index in [0.717, 1.165) is 24.1 Å². The quantitative estimate of drug-likeness (QED) is 0.532. The predicted octanol–water partition coefficient (Wildman–Crippen LogP) is 2.48. The van der Waals surface area contributed by atoms with Gasteiger partial charge in [0.15, 0.2) is 5.58 Å². The molecule has 4 rings (SSSR count). The topological polar surface area (TPSA) is 98.6 Å². The molecule has 1 aromatic heterocycles. The molecule has 3 aromatic rings. The Morgan fingerprint density at radius 3 is 2.85 bits per heavy atom. The highest BCUT2D eigenvalue weighted by Gasteiger charge is 2.24. The summed E-state index contributed by atoms with van der Waals surface area (Å²) in [6.45, 7) is 0.407. The van der Waals surface area contributed by atoms with Crippen LogP contribution in [0.4, 0.5) is 11.4 Å². The number of carbonyl (C=O) groups excluding carboxylic acids is 1. The maximum atomic E-state index is 12.8. The molecule has 0 saturated carbocycles. The van der Waals surface area contributed by atoms with E-state index in [1.54, 1.807) is 4.90 Å². The number of hydrogen-bond donors (Lipinski definition) is 0. The smallest absolute Gasteiger partial charge is 0.407 e. The highest BCUT2D eigenvalue weighted by Crippen LogP contribution is 2.27. The Hall–Kier alpha value is -3.42. The van der Waals surface area contributed by atoms with Crippen molar-refractivity contribution >= 4 is 28.4 Å². The molecule has 8 heteroatoms. The van der Waals surface area contributed by atoms with Gasteiger partial charge in [0.2, 0.25) is 5.91 Å². The van der Waals surface area contributed by atoms with E-state index < -0.39 is 10.7 Å². The number of nitrogens with zero attached hydrogens (tertiary/aromatic N) is 3. The van der Waals surface area contributed by atoms with Crippen LogP contribution in [0.5, 0.6) is 0 Å². The maximum absolute atomic E-state index is 12.8. The average molecular weight is 353 g/mol. The summed E-state index contributed by atoms with van der Waals surface area (Å²) in [6, 6.07) is 11.6. The van der Waals surface area contributed by atoms with Gasteiger partial charge in [-0.15, -0.1) is 0 Å². The minimum atomic E-state index is -0.709. The van der Waals surface area contributed by atoms with Crippen LogP contribution in [0, 0.1) is 10.1 Å². The molecule has 0 fully saturated rings. The van der Waals surface area contributed by atoms with E-state index in [4.69, 9.17) is 4.42 Å². The molecule has 0 N–H and O–H groups in total. The Bertz CT molecular complexity index is 1080. The lowest BCUT2D eigenvalue weighted by Gasteiger charge is -2.29. The first-order chi connectivity index (χ1) is 12.5. The van der Waals surface area contributed by atoms with E-state index in [9.17, 15) is 19.7 Å². The lowest BCUT2D eigenvalue weighted by molar-refractivity contribution is -0.384. The maximum Gasteiger partial charge on any atom is 0.420 e. The van der Waals surface area contributed by atoms with Crippen LogP contribution in [0.25, 0.3) is 11.1 Å². The summed E-state index contributed by atoms with van der Waals surface area (Å²) >= 11 is 0. The Morgan fingerprint density at radius 2 is 2.04 bits per heavy atom. The highest BCUT2D eigenvalue weighted by atomic mass is 16.6. The van der Waals surface area contributed by atoms with Crippen LogP contribution in [-0.4, -0.2) is 21.9 Å². The van der Waals surface area contributed by atoms with Gasteiger partial charge in [0.1, 0.15) is 6.54 Å². The molecule has 1 aliphatic heterocycles. The van der Waals surface area contributed by atoms with Crippen molar-refractivity contribution in [3.8, 4) is 0 Å². The van der Waals surface area contributed by atoms with Crippen molar-refractivity contribution in [3.63, 3.8) is 0 Å². The number of anilines is 1. The van der Waals surface area contributed by atoms with Crippen molar-refractivity contribution in [1.82, 2.24) is 4.57 Å². The number of carbonyl (C=O) groups is 1. The number of nitro benzene ring substituents is 1. The third-order valence-corrected chi connectivity index (χ3v) is 4.57. The molecular formula is C18H15N3O5. The summed E-state index contributed by atoms with van der Waals surface area (Å²) in [4.78, 5) is 36.9. The van der Waals surface area contributed by atoms with E-state index in [2.05, 4.69) is 0 Å². The van der Waals surface area contributed by atoms with Crippen molar-refractivity contribution in [2.24, 2.45) is 0 Å². The van der Waals surface area contributed by atoms with Crippen LogP contribution in [-0.2, 0) is 17.8 Å². The van der Waals surface area contributed by atoms with Gasteiger partial charge in [-0.1, -0.05) is 18.2 Å². The Labute approximate surface area is 147 Å². The molecule has 0 bridgehead atoms. The third-order valence-electron chi connectivity index (χ3n) is 4.57. The van der Waals surface area contributed by atoms with E-state index in [1.165, 1.54) is 22.8 Å². The minimum Gasteiger partial charge on any atom is -0.407 e. The molecular weight excluding hydrogens is 338 g/mol. The Balaban J connectivity index is 1.68. The SMILES string of the molecule is O=C(Cn1c(=O)oc2cc([N+](=O)[O-])ccc21)N1CCCc2ccccc21. The van der Waals surface area contributed by atoms with Gasteiger partial charge in [-0.2, -0.15) is 0 Å². The first kappa shape index (κ1) is 16.1. The number of benzene rings is 2. The van der Waals surface area contributed by atoms with E-state index in [1.807, 2.05) is 24.3 Å². The Morgan fingerprint density at radius 1 is 1.23 bits per heavy atom. The monoisotopic (exact) mass is 353 g/mol. The first-order valence-electron chi connectivity index (χ1n) is 8.20. The van der Waals surface area contributed by atoms with Gasteiger partial charge in [-0.05, 0) is 30.5 Å². The van der Waals surface area contributed by atoms with Gasteiger partial charge in [-0.3, -0.25) is 19.5 Å². The molecule has 1 aliphatic rings. The fourth-order valence-electron chi connectivity index (χ4n) is 3.33. The van der Waals surface area contributed by atoms with Crippen LogP contribution >= 0.6 is 0 Å². The molecule has 2 heterocycles. The zero-order valence-corrected chi connectivity index (χ0v) is 13.8. The van der Waals surface area contributed by atoms with E-state index in [0.29, 0.717) is 12.1 Å². The third kappa shape index (κ3) is 2.65. The van der Waals surface area contributed by atoms with Crippen molar-refractivity contribution in [3.05, 3.63) is 68.7 Å². The molecule has 0 radical (unpaired) electrons. The summed E-state index contributed by atoms with van der Waals surface area (Å²) < 4.78 is 6.29. The number of rotatable bonds is 3. The number of nitro groups is 1. The number of oxazole rings is 1. The van der Waals surface area contributed by atoms with Crippen LogP contribution < -0.4 is 10.7 Å². The molecule has 8 nitrogen and oxygen atoms in total. The number of fused-ring (bicyclic) bond motifs is 2. The van der Waals surface area contributed by atoms with Crippen LogP contribution in [0.2, 0.25) is 0 Å². The van der Waals surface area contributed by atoms with Gasteiger partial charge in [0, 0.05) is 18.3 Å². The summed E-state index contributed by atoms with van der Waals surface area (Å²) in [5.74, 6) is -0.931. The average Bonchev–Trinajstić information content (AvgIpc) is 2.95. The van der Waals surface area contributed by atoms with Crippen LogP contribution in [0.15, 0.2) is 51.7 Å². The molecule has 0 atom stereocenters. The second-order valence-corrected chi connectivity index (χ2v) is 6.14. The molecule has 2 aromatic carbocycles. The molecule has 132 valence electrons. The number of hydrogen-bond acceptors (Lipinski definition) is 5. The molecule has 1 amide bonds. The van der Waals surface area contributed by atoms with Crippen molar-refractivity contribution < 1.29 is 14.1 Å². The molecule has 0 spiro atoms.